The van der Waals surface area contributed by atoms with E-state index in [2.05, 4.69) is 0 Å². The summed E-state index contributed by atoms with van der Waals surface area (Å²) in [5.41, 5.74) is 0.719. The highest BCUT2D eigenvalue weighted by Crippen LogP contribution is 2.28. The molecule has 1 aliphatic carbocycles. The van der Waals surface area contributed by atoms with Crippen LogP contribution in [0.4, 0.5) is 4.39 Å². The molecule has 2 rings (SSSR count). The van der Waals surface area contributed by atoms with Crippen molar-refractivity contribution in [3.05, 3.63) is 34.6 Å². The molecule has 1 aromatic rings. The number of benzene rings is 1. The van der Waals surface area contributed by atoms with Crippen molar-refractivity contribution in [3.63, 3.8) is 0 Å². The molecule has 0 aliphatic heterocycles. The second-order valence-electron chi connectivity index (χ2n) is 5.61. The van der Waals surface area contributed by atoms with Crippen molar-refractivity contribution in [1.82, 2.24) is 0 Å². The maximum Gasteiger partial charge on any atom is 0.123 e. The maximum absolute atomic E-state index is 13.2. The normalized spacial score (nSPS) is 19.7. The first kappa shape index (κ1) is 14.8. The van der Waals surface area contributed by atoms with Crippen LogP contribution in [0, 0.1) is 11.7 Å². The summed E-state index contributed by atoms with van der Waals surface area (Å²) in [6.07, 6.45) is 8.45. The fourth-order valence-electron chi connectivity index (χ4n) is 2.96. The summed E-state index contributed by atoms with van der Waals surface area (Å²) in [4.78, 5) is 0. The van der Waals surface area contributed by atoms with Gasteiger partial charge in [0.05, 0.1) is 6.10 Å². The number of rotatable bonds is 3. The van der Waals surface area contributed by atoms with Gasteiger partial charge in [0, 0.05) is 11.4 Å². The lowest BCUT2D eigenvalue weighted by molar-refractivity contribution is 0.0913. The third kappa shape index (κ3) is 4.47. The molecule has 0 radical (unpaired) electrons. The molecule has 1 fully saturated rings. The summed E-state index contributed by atoms with van der Waals surface area (Å²) in [5, 5.41) is 10.9. The highest BCUT2D eigenvalue weighted by atomic mass is 35.5. The van der Waals surface area contributed by atoms with Crippen LogP contribution in [0.2, 0.25) is 5.02 Å². The van der Waals surface area contributed by atoms with E-state index >= 15 is 0 Å². The predicted molar refractivity (Wildman–Crippen MR) is 76.9 cm³/mol. The number of halogens is 2. The van der Waals surface area contributed by atoms with E-state index in [9.17, 15) is 9.50 Å². The van der Waals surface area contributed by atoms with Crippen LogP contribution in [0.5, 0.6) is 0 Å². The lowest BCUT2D eigenvalue weighted by atomic mass is 9.85. The van der Waals surface area contributed by atoms with Gasteiger partial charge in [0.1, 0.15) is 5.82 Å². The molecule has 3 heteroatoms. The van der Waals surface area contributed by atoms with Crippen molar-refractivity contribution in [2.75, 3.05) is 0 Å². The molecule has 106 valence electrons. The molecule has 1 unspecified atom stereocenters. The number of hydrogen-bond donors (Lipinski definition) is 1. The van der Waals surface area contributed by atoms with Gasteiger partial charge in [-0.15, -0.1) is 0 Å². The standard InChI is InChI=1S/C16H22ClFO/c17-15-9-8-14(18)10-13(15)11-16(19)12-6-4-2-1-3-5-7-12/h8-10,12,16,19H,1-7,11H2. The monoisotopic (exact) mass is 284 g/mol. The van der Waals surface area contributed by atoms with E-state index in [0.717, 1.165) is 18.4 Å². The van der Waals surface area contributed by atoms with Crippen LogP contribution >= 0.6 is 11.6 Å². The van der Waals surface area contributed by atoms with Crippen LogP contribution in [-0.4, -0.2) is 11.2 Å². The third-order valence-electron chi connectivity index (χ3n) is 4.13. The van der Waals surface area contributed by atoms with E-state index in [0.29, 0.717) is 17.4 Å². The lowest BCUT2D eigenvalue weighted by Gasteiger charge is -2.25. The van der Waals surface area contributed by atoms with Gasteiger partial charge in [-0.3, -0.25) is 0 Å². The van der Waals surface area contributed by atoms with E-state index < -0.39 is 6.10 Å². The zero-order chi connectivity index (χ0) is 13.7. The van der Waals surface area contributed by atoms with Crippen LogP contribution in [-0.2, 0) is 6.42 Å². The first-order valence-corrected chi connectivity index (χ1v) is 7.66. The molecule has 0 heterocycles. The van der Waals surface area contributed by atoms with Crippen molar-refractivity contribution in [2.24, 2.45) is 5.92 Å². The summed E-state index contributed by atoms with van der Waals surface area (Å²) in [5.74, 6) is 0.0453. The quantitative estimate of drug-likeness (QED) is 0.850. The Morgan fingerprint density at radius 2 is 1.79 bits per heavy atom. The van der Waals surface area contributed by atoms with Gasteiger partial charge in [-0.1, -0.05) is 43.7 Å². The van der Waals surface area contributed by atoms with Crippen LogP contribution in [0.1, 0.15) is 50.5 Å². The Labute approximate surface area is 119 Å². The Kier molecular flexibility index (Phi) is 5.65. The molecule has 1 N–H and O–H groups in total. The Balaban J connectivity index is 1.98. The third-order valence-corrected chi connectivity index (χ3v) is 4.50. The second-order valence-corrected chi connectivity index (χ2v) is 6.02. The molecule has 0 bridgehead atoms. The molecule has 19 heavy (non-hydrogen) atoms. The summed E-state index contributed by atoms with van der Waals surface area (Å²) in [7, 11) is 0. The first-order chi connectivity index (χ1) is 9.16. The molecular formula is C16H22ClFO. The van der Waals surface area contributed by atoms with Crippen molar-refractivity contribution in [3.8, 4) is 0 Å². The van der Waals surface area contributed by atoms with E-state index in [1.165, 1.54) is 44.2 Å². The number of aliphatic hydroxyl groups excluding tert-OH is 1. The van der Waals surface area contributed by atoms with E-state index in [1.807, 2.05) is 0 Å². The van der Waals surface area contributed by atoms with Crippen LogP contribution in [0.15, 0.2) is 18.2 Å². The fourth-order valence-corrected chi connectivity index (χ4v) is 3.16. The Morgan fingerprint density at radius 1 is 1.16 bits per heavy atom. The molecule has 1 saturated carbocycles. The van der Waals surface area contributed by atoms with E-state index in [1.54, 1.807) is 6.07 Å². The van der Waals surface area contributed by atoms with Gasteiger partial charge in [0.15, 0.2) is 0 Å². The van der Waals surface area contributed by atoms with Crippen molar-refractivity contribution in [2.45, 2.75) is 57.5 Å². The van der Waals surface area contributed by atoms with Gasteiger partial charge in [-0.05, 0) is 42.5 Å². The van der Waals surface area contributed by atoms with E-state index in [4.69, 9.17) is 11.6 Å². The molecule has 1 nitrogen and oxygen atoms in total. The highest BCUT2D eigenvalue weighted by Gasteiger charge is 2.21. The van der Waals surface area contributed by atoms with Crippen molar-refractivity contribution in [1.29, 1.82) is 0 Å². The Bertz CT molecular complexity index is 400. The average molecular weight is 285 g/mol. The van der Waals surface area contributed by atoms with Crippen LogP contribution in [0.25, 0.3) is 0 Å². The number of aliphatic hydroxyl groups is 1. The SMILES string of the molecule is OC(Cc1cc(F)ccc1Cl)C1CCCCCCC1. The van der Waals surface area contributed by atoms with Crippen molar-refractivity contribution >= 4 is 11.6 Å². The van der Waals surface area contributed by atoms with Gasteiger partial charge >= 0.3 is 0 Å². The molecular weight excluding hydrogens is 263 g/mol. The second kappa shape index (κ2) is 7.25. The molecule has 1 aromatic carbocycles. The zero-order valence-electron chi connectivity index (χ0n) is 11.2. The van der Waals surface area contributed by atoms with Gasteiger partial charge in [0.2, 0.25) is 0 Å². The fraction of sp³-hybridized carbons (Fsp3) is 0.625. The molecule has 0 aromatic heterocycles. The average Bonchev–Trinajstić information content (AvgIpc) is 2.33. The van der Waals surface area contributed by atoms with Gasteiger partial charge in [-0.2, -0.15) is 0 Å². The minimum atomic E-state index is -0.405. The van der Waals surface area contributed by atoms with Crippen molar-refractivity contribution < 1.29 is 9.50 Å². The lowest BCUT2D eigenvalue weighted by Crippen LogP contribution is -2.24. The van der Waals surface area contributed by atoms with Crippen LogP contribution < -0.4 is 0 Å². The predicted octanol–water partition coefficient (Wildman–Crippen LogP) is 4.74. The smallest absolute Gasteiger partial charge is 0.123 e. The summed E-state index contributed by atoms with van der Waals surface area (Å²) in [6.45, 7) is 0. The summed E-state index contributed by atoms with van der Waals surface area (Å²) in [6, 6.07) is 4.36. The minimum absolute atomic E-state index is 0.288. The summed E-state index contributed by atoms with van der Waals surface area (Å²) >= 11 is 6.06. The highest BCUT2D eigenvalue weighted by molar-refractivity contribution is 6.31. The summed E-state index contributed by atoms with van der Waals surface area (Å²) < 4.78 is 13.2. The topological polar surface area (TPSA) is 20.2 Å². The maximum atomic E-state index is 13.2. The van der Waals surface area contributed by atoms with Crippen LogP contribution in [0.3, 0.4) is 0 Å². The Hall–Kier alpha value is -0.600. The van der Waals surface area contributed by atoms with Gasteiger partial charge in [-0.25, -0.2) is 4.39 Å². The molecule has 0 saturated heterocycles. The molecule has 0 amide bonds. The minimum Gasteiger partial charge on any atom is -0.392 e. The molecule has 1 aliphatic rings. The largest absolute Gasteiger partial charge is 0.392 e. The van der Waals surface area contributed by atoms with Gasteiger partial charge < -0.3 is 5.11 Å². The zero-order valence-corrected chi connectivity index (χ0v) is 12.0. The molecule has 1 atom stereocenters. The Morgan fingerprint density at radius 3 is 2.47 bits per heavy atom. The molecule has 0 spiro atoms. The van der Waals surface area contributed by atoms with Gasteiger partial charge in [0.25, 0.3) is 0 Å². The van der Waals surface area contributed by atoms with E-state index in [-0.39, 0.29) is 5.82 Å². The number of hydrogen-bond acceptors (Lipinski definition) is 1. The first-order valence-electron chi connectivity index (χ1n) is 7.29.